The number of hydrogen-bond acceptors (Lipinski definition) is 2. The van der Waals surface area contributed by atoms with E-state index in [1.165, 1.54) is 17.0 Å². The number of amides is 2. The van der Waals surface area contributed by atoms with E-state index in [1.807, 2.05) is 31.2 Å². The van der Waals surface area contributed by atoms with E-state index in [-0.39, 0.29) is 11.8 Å². The molecule has 0 fully saturated rings. The van der Waals surface area contributed by atoms with Crippen molar-refractivity contribution >= 4 is 17.4 Å². The van der Waals surface area contributed by atoms with Crippen LogP contribution in [-0.2, 0) is 0 Å². The van der Waals surface area contributed by atoms with Gasteiger partial charge in [0, 0.05) is 24.5 Å². The first-order valence-corrected chi connectivity index (χ1v) is 6.71. The molecule has 0 atom stereocenters. The molecule has 0 radical (unpaired) electrons. The molecular formula is C16H18FN3O. The molecule has 0 aliphatic heterocycles. The highest BCUT2D eigenvalue weighted by atomic mass is 19.1. The van der Waals surface area contributed by atoms with Gasteiger partial charge in [-0.2, -0.15) is 0 Å². The molecule has 5 heteroatoms. The lowest BCUT2D eigenvalue weighted by atomic mass is 10.2. The second-order valence-electron chi connectivity index (χ2n) is 4.71. The Morgan fingerprint density at radius 3 is 2.33 bits per heavy atom. The molecule has 0 aliphatic rings. The summed E-state index contributed by atoms with van der Waals surface area (Å²) in [5.41, 5.74) is 7.97. The lowest BCUT2D eigenvalue weighted by Gasteiger charge is -2.22. The zero-order valence-electron chi connectivity index (χ0n) is 11.8. The van der Waals surface area contributed by atoms with Crippen LogP contribution < -0.4 is 16.0 Å². The average Bonchev–Trinajstić information content (AvgIpc) is 2.48. The zero-order chi connectivity index (χ0) is 15.2. The fourth-order valence-corrected chi connectivity index (χ4v) is 1.93. The molecule has 0 saturated heterocycles. The van der Waals surface area contributed by atoms with Gasteiger partial charge in [-0.05, 0) is 43.3 Å². The van der Waals surface area contributed by atoms with Crippen LogP contribution in [0, 0.1) is 12.7 Å². The van der Waals surface area contributed by atoms with E-state index in [0.29, 0.717) is 24.5 Å². The van der Waals surface area contributed by atoms with E-state index in [9.17, 15) is 9.18 Å². The summed E-state index contributed by atoms with van der Waals surface area (Å²) >= 11 is 0. The third-order valence-electron chi connectivity index (χ3n) is 3.04. The Balaban J connectivity index is 2.15. The maximum atomic E-state index is 13.0. The number of anilines is 2. The fraction of sp³-hybridized carbons (Fsp3) is 0.188. The molecule has 0 spiro atoms. The van der Waals surface area contributed by atoms with Crippen molar-refractivity contribution in [2.75, 3.05) is 23.3 Å². The summed E-state index contributed by atoms with van der Waals surface area (Å²) in [5, 5.41) is 2.80. The summed E-state index contributed by atoms with van der Waals surface area (Å²) in [6, 6.07) is 12.9. The lowest BCUT2D eigenvalue weighted by Crippen LogP contribution is -2.38. The van der Waals surface area contributed by atoms with E-state index in [0.717, 1.165) is 5.56 Å². The van der Waals surface area contributed by atoms with Crippen LogP contribution in [0.4, 0.5) is 20.6 Å². The quantitative estimate of drug-likeness (QED) is 0.907. The van der Waals surface area contributed by atoms with Gasteiger partial charge in [0.2, 0.25) is 0 Å². The number of benzene rings is 2. The zero-order valence-corrected chi connectivity index (χ0v) is 11.8. The second kappa shape index (κ2) is 6.85. The number of carbonyl (C=O) groups excluding carboxylic acids is 1. The first-order valence-electron chi connectivity index (χ1n) is 6.71. The number of nitrogens with zero attached hydrogens (tertiary/aromatic N) is 1. The second-order valence-corrected chi connectivity index (χ2v) is 4.71. The predicted molar refractivity (Wildman–Crippen MR) is 83.0 cm³/mol. The van der Waals surface area contributed by atoms with Crippen molar-refractivity contribution in [2.24, 2.45) is 5.73 Å². The van der Waals surface area contributed by atoms with E-state index >= 15 is 0 Å². The first kappa shape index (κ1) is 15.0. The number of carbonyl (C=O) groups is 1. The first-order chi connectivity index (χ1) is 10.1. The molecule has 4 nitrogen and oxygen atoms in total. The molecule has 2 aromatic rings. The number of rotatable bonds is 4. The predicted octanol–water partition coefficient (Wildman–Crippen LogP) is 3.13. The average molecular weight is 287 g/mol. The maximum absolute atomic E-state index is 13.0. The van der Waals surface area contributed by atoms with Gasteiger partial charge in [-0.1, -0.05) is 17.7 Å². The van der Waals surface area contributed by atoms with Crippen molar-refractivity contribution in [1.29, 1.82) is 0 Å². The van der Waals surface area contributed by atoms with Crippen molar-refractivity contribution < 1.29 is 9.18 Å². The number of hydrogen-bond donors (Lipinski definition) is 2. The molecule has 0 bridgehead atoms. The third-order valence-corrected chi connectivity index (χ3v) is 3.04. The molecule has 2 amide bonds. The molecular weight excluding hydrogens is 269 g/mol. The normalized spacial score (nSPS) is 10.2. The van der Waals surface area contributed by atoms with Gasteiger partial charge in [0.05, 0.1) is 0 Å². The van der Waals surface area contributed by atoms with Gasteiger partial charge in [-0.3, -0.25) is 4.90 Å². The summed E-state index contributed by atoms with van der Waals surface area (Å²) in [4.78, 5) is 13.8. The lowest BCUT2D eigenvalue weighted by molar-refractivity contribution is 0.257. The van der Waals surface area contributed by atoms with Crippen molar-refractivity contribution in [3.8, 4) is 0 Å². The summed E-state index contributed by atoms with van der Waals surface area (Å²) in [7, 11) is 0. The van der Waals surface area contributed by atoms with Gasteiger partial charge in [0.25, 0.3) is 0 Å². The van der Waals surface area contributed by atoms with E-state index < -0.39 is 0 Å². The van der Waals surface area contributed by atoms with Gasteiger partial charge >= 0.3 is 6.03 Å². The Kier molecular flexibility index (Phi) is 4.90. The number of nitrogens with two attached hydrogens (primary N) is 1. The van der Waals surface area contributed by atoms with Gasteiger partial charge in [0.15, 0.2) is 0 Å². The molecule has 0 aliphatic carbocycles. The van der Waals surface area contributed by atoms with Gasteiger partial charge < -0.3 is 11.1 Å². The van der Waals surface area contributed by atoms with Gasteiger partial charge in [-0.25, -0.2) is 9.18 Å². The van der Waals surface area contributed by atoms with Gasteiger partial charge in [-0.15, -0.1) is 0 Å². The minimum absolute atomic E-state index is 0.295. The number of aryl methyl sites for hydroxylation is 1. The molecule has 0 unspecified atom stereocenters. The smallest absolute Gasteiger partial charge is 0.326 e. The maximum Gasteiger partial charge on any atom is 0.326 e. The van der Waals surface area contributed by atoms with E-state index in [4.69, 9.17) is 5.73 Å². The highest BCUT2D eigenvalue weighted by molar-refractivity contribution is 6.01. The van der Waals surface area contributed by atoms with Crippen LogP contribution in [-0.4, -0.2) is 19.1 Å². The minimum Gasteiger partial charge on any atom is -0.329 e. The summed E-state index contributed by atoms with van der Waals surface area (Å²) in [6.07, 6.45) is 0. The Morgan fingerprint density at radius 2 is 1.76 bits per heavy atom. The fourth-order valence-electron chi connectivity index (χ4n) is 1.93. The molecule has 2 aromatic carbocycles. The summed E-state index contributed by atoms with van der Waals surface area (Å²) in [5.74, 6) is -0.342. The van der Waals surface area contributed by atoms with Crippen LogP contribution >= 0.6 is 0 Å². The van der Waals surface area contributed by atoms with Crippen LogP contribution in [0.5, 0.6) is 0 Å². The molecule has 2 rings (SSSR count). The number of halogens is 1. The molecule has 0 heterocycles. The van der Waals surface area contributed by atoms with Crippen molar-refractivity contribution in [2.45, 2.75) is 6.92 Å². The number of nitrogens with one attached hydrogen (secondary N) is 1. The number of urea groups is 1. The third kappa shape index (κ3) is 4.03. The molecule has 3 N–H and O–H groups in total. The summed E-state index contributed by atoms with van der Waals surface area (Å²) < 4.78 is 13.0. The monoisotopic (exact) mass is 287 g/mol. The topological polar surface area (TPSA) is 58.4 Å². The van der Waals surface area contributed by atoms with Crippen molar-refractivity contribution in [3.05, 3.63) is 59.9 Å². The molecule has 0 saturated carbocycles. The van der Waals surface area contributed by atoms with Gasteiger partial charge in [0.1, 0.15) is 5.82 Å². The van der Waals surface area contributed by atoms with Crippen molar-refractivity contribution in [1.82, 2.24) is 0 Å². The minimum atomic E-state index is -0.342. The van der Waals surface area contributed by atoms with Crippen molar-refractivity contribution in [3.63, 3.8) is 0 Å². The van der Waals surface area contributed by atoms with E-state index in [1.54, 1.807) is 12.1 Å². The summed E-state index contributed by atoms with van der Waals surface area (Å²) in [6.45, 7) is 2.65. The molecule has 0 aromatic heterocycles. The van der Waals surface area contributed by atoms with Crippen LogP contribution in [0.1, 0.15) is 5.56 Å². The highest BCUT2D eigenvalue weighted by Crippen LogP contribution is 2.17. The largest absolute Gasteiger partial charge is 0.329 e. The molecule has 110 valence electrons. The molecule has 21 heavy (non-hydrogen) atoms. The van der Waals surface area contributed by atoms with E-state index in [2.05, 4.69) is 5.32 Å². The Hall–Kier alpha value is -2.40. The van der Waals surface area contributed by atoms with Crippen LogP contribution in [0.2, 0.25) is 0 Å². The van der Waals surface area contributed by atoms with Crippen LogP contribution in [0.15, 0.2) is 48.5 Å². The van der Waals surface area contributed by atoms with Crippen LogP contribution in [0.25, 0.3) is 0 Å². The highest BCUT2D eigenvalue weighted by Gasteiger charge is 2.15. The Bertz CT molecular complexity index is 596. The Morgan fingerprint density at radius 1 is 1.14 bits per heavy atom. The standard InChI is InChI=1S/C16H18FN3O/c1-12-2-6-14(7-3-12)19-16(21)20(11-10-18)15-8-4-13(17)5-9-15/h2-9H,10-11,18H2,1H3,(H,19,21). The SMILES string of the molecule is Cc1ccc(NC(=O)N(CCN)c2ccc(F)cc2)cc1. The Labute approximate surface area is 123 Å². The van der Waals surface area contributed by atoms with Crippen LogP contribution in [0.3, 0.4) is 0 Å².